The number of hydrogen-bond acceptors (Lipinski definition) is 8. The summed E-state index contributed by atoms with van der Waals surface area (Å²) in [4.78, 5) is 16.6. The lowest BCUT2D eigenvalue weighted by Crippen LogP contribution is -2.13. The fourth-order valence-corrected chi connectivity index (χ4v) is 3.79. The number of Topliss-reactive ketones (excluding diaryl/α,β-unsaturated/α-hetero) is 1. The molecule has 0 saturated carbocycles. The number of tetrazole rings is 1. The number of hydrogen-bond donors (Lipinski definition) is 0. The molecular weight excluding hydrogens is 380 g/mol. The van der Waals surface area contributed by atoms with Gasteiger partial charge in [0.15, 0.2) is 11.7 Å². The summed E-state index contributed by atoms with van der Waals surface area (Å²) < 4.78 is 1.52. The quantitative estimate of drug-likeness (QED) is 0.596. The number of carbonyl (C=O) groups excluding carboxylic acids is 1. The molecule has 0 aliphatic carbocycles. The van der Waals surface area contributed by atoms with Gasteiger partial charge in [-0.1, -0.05) is 23.4 Å². The largest absolute Gasteiger partial charge is 0.297 e. The molecule has 0 N–H and O–H groups in total. The predicted molar refractivity (Wildman–Crippen MR) is 95.1 cm³/mol. The number of aromatic nitrogens is 5. The van der Waals surface area contributed by atoms with E-state index in [2.05, 4.69) is 20.5 Å². The normalized spacial score (nSPS) is 11.9. The predicted octanol–water partition coefficient (Wildman–Crippen LogP) is 3.05. The summed E-state index contributed by atoms with van der Waals surface area (Å²) in [6.45, 7) is 1.83. The average molecular weight is 391 g/mol. The molecule has 1 aromatic carbocycles. The highest BCUT2D eigenvalue weighted by molar-refractivity contribution is 7.99. The number of thiazole rings is 1. The van der Waals surface area contributed by atoms with Gasteiger partial charge in [0.25, 0.3) is 0 Å². The first-order valence-electron chi connectivity index (χ1n) is 7.10. The van der Waals surface area contributed by atoms with Crippen LogP contribution in [0.2, 0.25) is 5.02 Å². The van der Waals surface area contributed by atoms with Crippen LogP contribution in [0.1, 0.15) is 16.6 Å². The molecule has 126 valence electrons. The van der Waals surface area contributed by atoms with Gasteiger partial charge in [-0.2, -0.15) is 9.94 Å². The van der Waals surface area contributed by atoms with E-state index in [1.807, 2.05) is 18.4 Å². The number of rotatable bonds is 6. The van der Waals surface area contributed by atoms with Crippen LogP contribution < -0.4 is 0 Å². The summed E-state index contributed by atoms with van der Waals surface area (Å²) in [6.07, 6.45) is 0. The van der Waals surface area contributed by atoms with Crippen LogP contribution in [0.4, 0.5) is 0 Å². The van der Waals surface area contributed by atoms with Crippen molar-refractivity contribution in [3.63, 3.8) is 0 Å². The average Bonchev–Trinajstić information content (AvgIpc) is 3.23. The van der Waals surface area contributed by atoms with Crippen LogP contribution in [-0.2, 0) is 4.79 Å². The molecule has 0 aliphatic heterocycles. The van der Waals surface area contributed by atoms with Crippen LogP contribution in [-0.4, -0.2) is 36.7 Å². The van der Waals surface area contributed by atoms with Gasteiger partial charge in [0.05, 0.1) is 17.5 Å². The van der Waals surface area contributed by atoms with Gasteiger partial charge in [0.2, 0.25) is 5.16 Å². The van der Waals surface area contributed by atoms with Gasteiger partial charge in [-0.15, -0.1) is 16.4 Å². The molecule has 0 fully saturated rings. The summed E-state index contributed by atoms with van der Waals surface area (Å²) in [5.41, 5.74) is 1.53. The lowest BCUT2D eigenvalue weighted by molar-refractivity contribution is -0.116. The van der Waals surface area contributed by atoms with Gasteiger partial charge in [-0.25, -0.2) is 4.98 Å². The third-order valence-corrected chi connectivity index (χ3v) is 5.41. The van der Waals surface area contributed by atoms with Gasteiger partial charge >= 0.3 is 0 Å². The molecule has 0 aliphatic rings. The Morgan fingerprint density at radius 1 is 1.44 bits per heavy atom. The van der Waals surface area contributed by atoms with E-state index in [1.54, 1.807) is 24.3 Å². The molecule has 1 atom stereocenters. The van der Waals surface area contributed by atoms with E-state index in [-0.39, 0.29) is 11.5 Å². The number of benzene rings is 1. The first kappa shape index (κ1) is 17.5. The van der Waals surface area contributed by atoms with Gasteiger partial charge in [0.1, 0.15) is 5.01 Å². The van der Waals surface area contributed by atoms with E-state index in [1.165, 1.54) is 27.8 Å². The number of aryl methyl sites for hydroxylation is 1. The van der Waals surface area contributed by atoms with Crippen molar-refractivity contribution < 1.29 is 4.79 Å². The molecule has 10 heteroatoms. The Morgan fingerprint density at radius 3 is 2.84 bits per heavy atom. The van der Waals surface area contributed by atoms with Crippen molar-refractivity contribution in [2.24, 2.45) is 0 Å². The molecule has 0 saturated heterocycles. The Hall–Kier alpha value is -2.28. The second kappa shape index (κ2) is 7.74. The van der Waals surface area contributed by atoms with Crippen molar-refractivity contribution in [3.05, 3.63) is 45.4 Å². The van der Waals surface area contributed by atoms with Crippen LogP contribution in [0.25, 0.3) is 5.69 Å². The summed E-state index contributed by atoms with van der Waals surface area (Å²) in [5.74, 6) is -1.02. The second-order valence-corrected chi connectivity index (χ2v) is 7.26. The third-order valence-electron chi connectivity index (χ3n) is 3.19. The molecule has 0 unspecified atom stereocenters. The molecular formula is C15H11ClN6OS2. The molecule has 0 amide bonds. The first-order chi connectivity index (χ1) is 12.1. The van der Waals surface area contributed by atoms with E-state index in [9.17, 15) is 10.1 Å². The van der Waals surface area contributed by atoms with Crippen molar-refractivity contribution in [1.82, 2.24) is 25.2 Å². The number of thioether (sulfide) groups is 1. The van der Waals surface area contributed by atoms with Crippen LogP contribution in [0.15, 0.2) is 34.8 Å². The maximum atomic E-state index is 12.4. The Kier molecular flexibility index (Phi) is 5.43. The Morgan fingerprint density at radius 2 is 2.20 bits per heavy atom. The number of nitrogens with zero attached hydrogens (tertiary/aromatic N) is 6. The molecule has 7 nitrogen and oxygen atoms in total. The fraction of sp³-hybridized carbons (Fsp3) is 0.200. The summed E-state index contributed by atoms with van der Waals surface area (Å²) in [6, 6.07) is 9.05. The number of halogens is 1. The zero-order valence-corrected chi connectivity index (χ0v) is 15.3. The molecule has 2 heterocycles. The Bertz CT molecular complexity index is 930. The van der Waals surface area contributed by atoms with Crippen molar-refractivity contribution in [2.45, 2.75) is 18.0 Å². The Labute approximate surface area is 156 Å². The van der Waals surface area contributed by atoms with E-state index in [0.29, 0.717) is 15.2 Å². The maximum absolute atomic E-state index is 12.4. The number of ketones is 1. The van der Waals surface area contributed by atoms with E-state index in [0.717, 1.165) is 11.4 Å². The topological polar surface area (TPSA) is 97.4 Å². The Balaban J connectivity index is 1.72. The standard InChI is InChI=1S/C15H11ClN6OS2/c1-9-7-24-14(18-9)12(6-17)13(23)8-25-15-19-20-21-22(15)11-4-2-10(16)3-5-11/h2-5,7,12H,8H2,1H3/t12-/m0/s1. The number of nitriles is 1. The zero-order chi connectivity index (χ0) is 17.8. The minimum Gasteiger partial charge on any atom is -0.297 e. The molecule has 0 spiro atoms. The van der Waals surface area contributed by atoms with Crippen molar-refractivity contribution in [3.8, 4) is 11.8 Å². The van der Waals surface area contributed by atoms with Crippen LogP contribution in [0.3, 0.4) is 0 Å². The molecule has 3 aromatic rings. The lowest BCUT2D eigenvalue weighted by atomic mass is 10.1. The first-order valence-corrected chi connectivity index (χ1v) is 9.34. The van der Waals surface area contributed by atoms with Gasteiger partial charge in [-0.05, 0) is 41.6 Å². The number of carbonyl (C=O) groups is 1. The summed E-state index contributed by atoms with van der Waals surface area (Å²) in [5, 5.41) is 24.2. The van der Waals surface area contributed by atoms with E-state index < -0.39 is 5.92 Å². The lowest BCUT2D eigenvalue weighted by Gasteiger charge is -2.06. The maximum Gasteiger partial charge on any atom is 0.214 e. The highest BCUT2D eigenvalue weighted by atomic mass is 35.5. The zero-order valence-electron chi connectivity index (χ0n) is 13.0. The highest BCUT2D eigenvalue weighted by Crippen LogP contribution is 2.25. The molecule has 0 bridgehead atoms. The summed E-state index contributed by atoms with van der Waals surface area (Å²) in [7, 11) is 0. The molecule has 3 rings (SSSR count). The molecule has 2 aromatic heterocycles. The minimum atomic E-state index is -0.869. The van der Waals surface area contributed by atoms with Crippen LogP contribution >= 0.6 is 34.7 Å². The minimum absolute atomic E-state index is 0.0742. The van der Waals surface area contributed by atoms with E-state index >= 15 is 0 Å². The SMILES string of the molecule is Cc1csc([C@@H](C#N)C(=O)CSc2nnnn2-c2ccc(Cl)cc2)n1. The van der Waals surface area contributed by atoms with Crippen molar-refractivity contribution >= 4 is 40.5 Å². The van der Waals surface area contributed by atoms with Gasteiger partial charge in [-0.3, -0.25) is 4.79 Å². The monoisotopic (exact) mass is 390 g/mol. The van der Waals surface area contributed by atoms with Crippen LogP contribution in [0, 0.1) is 18.3 Å². The highest BCUT2D eigenvalue weighted by Gasteiger charge is 2.24. The molecule has 25 heavy (non-hydrogen) atoms. The smallest absolute Gasteiger partial charge is 0.214 e. The van der Waals surface area contributed by atoms with Crippen molar-refractivity contribution in [2.75, 3.05) is 5.75 Å². The fourth-order valence-electron chi connectivity index (χ4n) is 2.00. The third kappa shape index (κ3) is 4.04. The van der Waals surface area contributed by atoms with Crippen LogP contribution in [0.5, 0.6) is 0 Å². The summed E-state index contributed by atoms with van der Waals surface area (Å²) >= 11 is 8.37. The van der Waals surface area contributed by atoms with E-state index in [4.69, 9.17) is 11.6 Å². The van der Waals surface area contributed by atoms with Gasteiger partial charge in [0, 0.05) is 16.1 Å². The second-order valence-electron chi connectivity index (χ2n) is 4.99. The molecule has 0 radical (unpaired) electrons. The van der Waals surface area contributed by atoms with Gasteiger partial charge < -0.3 is 0 Å². The van der Waals surface area contributed by atoms with Crippen molar-refractivity contribution in [1.29, 1.82) is 5.26 Å².